The summed E-state index contributed by atoms with van der Waals surface area (Å²) in [7, 11) is 0. The van der Waals surface area contributed by atoms with Crippen LogP contribution in [0.4, 0.5) is 4.79 Å². The average molecular weight is 487 g/mol. The van der Waals surface area contributed by atoms with E-state index in [2.05, 4.69) is 26.8 Å². The number of fused-ring (bicyclic) bond motifs is 3. The molecule has 1 aromatic rings. The lowest BCUT2D eigenvalue weighted by Crippen LogP contribution is -2.72. The fourth-order valence-electron chi connectivity index (χ4n) is 9.27. The van der Waals surface area contributed by atoms with Gasteiger partial charge in [0.05, 0.1) is 18.6 Å². The largest absolute Gasteiger partial charge is 0.506 e. The Kier molecular flexibility index (Phi) is 4.43. The van der Waals surface area contributed by atoms with Gasteiger partial charge in [-0.05, 0) is 48.0 Å². The molecule has 2 saturated heterocycles. The van der Waals surface area contributed by atoms with E-state index in [-0.39, 0.29) is 17.3 Å². The summed E-state index contributed by atoms with van der Waals surface area (Å²) in [5, 5.41) is 20.6. The first-order valence-electron chi connectivity index (χ1n) is 12.5. The van der Waals surface area contributed by atoms with Crippen LogP contribution in [-0.2, 0) is 19.0 Å². The van der Waals surface area contributed by atoms with Gasteiger partial charge in [0, 0.05) is 16.4 Å². The highest BCUT2D eigenvalue weighted by molar-refractivity contribution is 5.82. The van der Waals surface area contributed by atoms with E-state index in [1.54, 1.807) is 12.5 Å². The lowest BCUT2D eigenvalue weighted by Gasteiger charge is -2.69. The van der Waals surface area contributed by atoms with Crippen molar-refractivity contribution in [3.05, 3.63) is 36.3 Å². The summed E-state index contributed by atoms with van der Waals surface area (Å²) in [6.45, 7) is 10.4. The quantitative estimate of drug-likeness (QED) is 0.357. The molecule has 35 heavy (non-hydrogen) atoms. The number of hydrogen-bond acceptors (Lipinski definition) is 7. The van der Waals surface area contributed by atoms with Crippen LogP contribution in [0.1, 0.15) is 65.5 Å². The molecule has 4 fully saturated rings. The molecule has 0 radical (unpaired) electrons. The van der Waals surface area contributed by atoms with Crippen LogP contribution in [0.5, 0.6) is 0 Å². The van der Waals surface area contributed by atoms with Gasteiger partial charge in [-0.25, -0.2) is 9.59 Å². The van der Waals surface area contributed by atoms with Gasteiger partial charge in [-0.3, -0.25) is 0 Å². The molecule has 5 aliphatic rings. The van der Waals surface area contributed by atoms with Crippen LogP contribution in [0.2, 0.25) is 0 Å². The van der Waals surface area contributed by atoms with Gasteiger partial charge in [0.15, 0.2) is 6.10 Å². The molecule has 10 atom stereocenters. The molecule has 8 heteroatoms. The van der Waals surface area contributed by atoms with Gasteiger partial charge in [0.2, 0.25) is 0 Å². The lowest BCUT2D eigenvalue weighted by atomic mass is 9.35. The van der Waals surface area contributed by atoms with E-state index in [1.165, 1.54) is 0 Å². The van der Waals surface area contributed by atoms with Crippen molar-refractivity contribution in [1.29, 1.82) is 0 Å². The summed E-state index contributed by atoms with van der Waals surface area (Å²) in [5.74, 6) is -0.475. The first-order chi connectivity index (χ1) is 16.3. The number of allylic oxidation sites excluding steroid dienone is 1. The number of esters is 1. The molecule has 3 heterocycles. The van der Waals surface area contributed by atoms with E-state index >= 15 is 0 Å². The molecular formula is C27H34O8. The lowest BCUT2D eigenvalue weighted by molar-refractivity contribution is -0.253. The third-order valence-corrected chi connectivity index (χ3v) is 11.0. The first-order valence-corrected chi connectivity index (χ1v) is 12.5. The maximum Gasteiger partial charge on any atom is 0.506 e. The van der Waals surface area contributed by atoms with Crippen LogP contribution in [0.3, 0.4) is 0 Å². The van der Waals surface area contributed by atoms with Crippen LogP contribution < -0.4 is 0 Å². The molecule has 2 saturated carbocycles. The molecular weight excluding hydrogens is 452 g/mol. The molecule has 8 nitrogen and oxygen atoms in total. The highest BCUT2D eigenvalue weighted by atomic mass is 16.7. The predicted octanol–water partition coefficient (Wildman–Crippen LogP) is 4.48. The van der Waals surface area contributed by atoms with Gasteiger partial charge in [0.1, 0.15) is 17.8 Å². The average Bonchev–Trinajstić information content (AvgIpc) is 3.35. The monoisotopic (exact) mass is 486 g/mol. The van der Waals surface area contributed by atoms with E-state index in [1.807, 2.05) is 26.0 Å². The summed E-state index contributed by atoms with van der Waals surface area (Å²) < 4.78 is 23.4. The van der Waals surface area contributed by atoms with Crippen LogP contribution in [-0.4, -0.2) is 46.3 Å². The van der Waals surface area contributed by atoms with Gasteiger partial charge >= 0.3 is 12.1 Å². The van der Waals surface area contributed by atoms with Gasteiger partial charge in [0.25, 0.3) is 0 Å². The molecule has 3 aliphatic carbocycles. The Hall–Kier alpha value is -2.32. The maximum absolute atomic E-state index is 13.2. The SMILES string of the molecule is CC1(C)C2C[C@@H](OC(=O)O)[C@]3(C)C(CC[C@]4(C)[C@H](c5ccoc5)OC(=O)[C@H]5O[C@@]534)[C@@]2(C)C=C[C@H]1O. The minimum absolute atomic E-state index is 0.0180. The van der Waals surface area contributed by atoms with E-state index in [0.29, 0.717) is 6.42 Å². The number of cyclic esters (lactones) is 1. The van der Waals surface area contributed by atoms with E-state index in [4.69, 9.17) is 18.6 Å². The van der Waals surface area contributed by atoms with Gasteiger partial charge < -0.3 is 28.8 Å². The predicted molar refractivity (Wildman–Crippen MR) is 122 cm³/mol. The summed E-state index contributed by atoms with van der Waals surface area (Å²) in [6, 6.07) is 1.81. The minimum Gasteiger partial charge on any atom is -0.472 e. The number of furan rings is 1. The minimum atomic E-state index is -1.34. The second-order valence-corrected chi connectivity index (χ2v) is 12.6. The Morgan fingerprint density at radius 1 is 1.14 bits per heavy atom. The standard InChI is InChI=1S/C27H34O8/c1-23(2)16-12-18(33-22(30)31)26(5)15(24(16,3)9-7-17(23)28)6-10-25(4)19(14-8-11-32-13-14)34-21(29)20-27(25,26)35-20/h7-9,11,13,15-20,28H,6,10,12H2,1-5H3,(H,30,31)/t15?,16?,17-,18-,19+,20-,24-,25-,26+,27-/m1/s1. The van der Waals surface area contributed by atoms with E-state index in [9.17, 15) is 19.8 Å². The molecule has 190 valence electrons. The van der Waals surface area contributed by atoms with Gasteiger partial charge in [-0.1, -0.05) is 46.8 Å². The summed E-state index contributed by atoms with van der Waals surface area (Å²) in [4.78, 5) is 25.2. The smallest absolute Gasteiger partial charge is 0.472 e. The molecule has 2 N–H and O–H groups in total. The maximum atomic E-state index is 13.2. The van der Waals surface area contributed by atoms with Crippen molar-refractivity contribution >= 4 is 12.1 Å². The van der Waals surface area contributed by atoms with Crippen molar-refractivity contribution < 1.29 is 38.4 Å². The topological polar surface area (TPSA) is 119 Å². The van der Waals surface area contributed by atoms with Crippen molar-refractivity contribution in [2.45, 2.75) is 83.9 Å². The third kappa shape index (κ3) is 2.50. The number of carboxylic acid groups (broad SMARTS) is 1. The van der Waals surface area contributed by atoms with Crippen molar-refractivity contribution in [3.63, 3.8) is 0 Å². The summed E-state index contributed by atoms with van der Waals surface area (Å²) in [5.41, 5.74) is -2.38. The molecule has 0 bridgehead atoms. The molecule has 0 aromatic carbocycles. The van der Waals surface area contributed by atoms with Gasteiger partial charge in [-0.15, -0.1) is 0 Å². The second kappa shape index (κ2) is 6.71. The Balaban J connectivity index is 1.55. The Labute approximate surface area is 204 Å². The van der Waals surface area contributed by atoms with Crippen molar-refractivity contribution in [3.8, 4) is 0 Å². The number of carbonyl (C=O) groups is 2. The number of aliphatic hydroxyl groups excluding tert-OH is 1. The zero-order valence-corrected chi connectivity index (χ0v) is 20.8. The number of carbonyl (C=O) groups excluding carboxylic acids is 1. The highest BCUT2D eigenvalue weighted by Gasteiger charge is 2.88. The number of rotatable bonds is 2. The Morgan fingerprint density at radius 2 is 1.89 bits per heavy atom. The Morgan fingerprint density at radius 3 is 2.54 bits per heavy atom. The third-order valence-electron chi connectivity index (χ3n) is 11.0. The highest BCUT2D eigenvalue weighted by Crippen LogP contribution is 2.79. The fraction of sp³-hybridized carbons (Fsp3) is 0.704. The van der Waals surface area contributed by atoms with E-state index in [0.717, 1.165) is 18.4 Å². The van der Waals surface area contributed by atoms with Crippen LogP contribution in [0.15, 0.2) is 35.2 Å². The van der Waals surface area contributed by atoms with Crippen LogP contribution in [0.25, 0.3) is 0 Å². The first kappa shape index (κ1) is 23.1. The normalized spacial score (nSPS) is 51.2. The van der Waals surface area contributed by atoms with Crippen LogP contribution in [0, 0.1) is 33.5 Å². The van der Waals surface area contributed by atoms with Crippen molar-refractivity contribution in [2.24, 2.45) is 33.5 Å². The van der Waals surface area contributed by atoms with E-state index < -0.39 is 58.4 Å². The fourth-order valence-corrected chi connectivity index (χ4v) is 9.27. The molecule has 1 spiro atoms. The van der Waals surface area contributed by atoms with Crippen LogP contribution >= 0.6 is 0 Å². The van der Waals surface area contributed by atoms with Crippen molar-refractivity contribution in [2.75, 3.05) is 0 Å². The second-order valence-electron chi connectivity index (χ2n) is 12.6. The molecule has 6 rings (SSSR count). The van der Waals surface area contributed by atoms with Gasteiger partial charge in [-0.2, -0.15) is 0 Å². The van der Waals surface area contributed by atoms with Crippen molar-refractivity contribution in [1.82, 2.24) is 0 Å². The number of hydrogen-bond donors (Lipinski definition) is 2. The molecule has 2 aliphatic heterocycles. The zero-order valence-electron chi connectivity index (χ0n) is 20.8. The Bertz CT molecular complexity index is 1110. The summed E-state index contributed by atoms with van der Waals surface area (Å²) >= 11 is 0. The molecule has 2 unspecified atom stereocenters. The zero-order chi connectivity index (χ0) is 25.2. The number of aliphatic hydroxyl groups is 1. The molecule has 0 amide bonds. The number of ether oxygens (including phenoxy) is 3. The summed E-state index contributed by atoms with van der Waals surface area (Å²) in [6.07, 6.45) is 5.10. The number of epoxide rings is 1. The molecule has 1 aromatic heterocycles.